The number of hydrogen-bond acceptors (Lipinski definition) is 6. The molecule has 0 bridgehead atoms. The van der Waals surface area contributed by atoms with Gasteiger partial charge in [-0.3, -0.25) is 0 Å². The number of hydrogen-bond donors (Lipinski definition) is 0. The topological polar surface area (TPSA) is 68.1 Å². The molecule has 23 heavy (non-hydrogen) atoms. The lowest BCUT2D eigenvalue weighted by molar-refractivity contribution is 0.559. The van der Waals surface area contributed by atoms with E-state index in [0.717, 1.165) is 9.54 Å². The van der Waals surface area contributed by atoms with Crippen molar-refractivity contribution in [1.29, 1.82) is 0 Å². The highest BCUT2D eigenvalue weighted by Crippen LogP contribution is 2.20. The summed E-state index contributed by atoms with van der Waals surface area (Å²) >= 11 is 4.99. The van der Waals surface area contributed by atoms with E-state index in [1.54, 1.807) is 47.9 Å². The van der Waals surface area contributed by atoms with E-state index in [4.69, 9.17) is 12.8 Å². The molecule has 0 atom stereocenters. The van der Waals surface area contributed by atoms with Crippen molar-refractivity contribution in [3.05, 3.63) is 54.0 Å². The van der Waals surface area contributed by atoms with Crippen LogP contribution in [0, 0.1) is 6.92 Å². The molecule has 3 aromatic rings. The van der Waals surface area contributed by atoms with Crippen molar-refractivity contribution in [1.82, 2.24) is 18.2 Å². The van der Waals surface area contributed by atoms with Gasteiger partial charge in [-0.25, -0.2) is 22.4 Å². The number of aromatic nitrogens is 3. The largest absolute Gasteiger partial charge is 0.702 e. The molecule has 0 aliphatic rings. The molecule has 0 N–H and O–H groups in total. The van der Waals surface area contributed by atoms with Crippen LogP contribution >= 0.6 is 0 Å². The molecule has 3 rings (SSSR count). The Labute approximate surface area is 140 Å². The first kappa shape index (κ1) is 16.0. The van der Waals surface area contributed by atoms with Gasteiger partial charge in [-0.1, -0.05) is 17.7 Å². The molecule has 0 radical (unpaired) electrons. The van der Waals surface area contributed by atoms with Crippen LogP contribution in [0.4, 0.5) is 0 Å². The minimum absolute atomic E-state index is 0.219. The van der Waals surface area contributed by atoms with E-state index in [0.29, 0.717) is 23.4 Å². The van der Waals surface area contributed by atoms with Gasteiger partial charge in [0.25, 0.3) is 10.0 Å². The number of aryl methyl sites for hydroxylation is 1. The maximum Gasteiger partial charge on any atom is 0.269 e. The predicted molar refractivity (Wildman–Crippen MR) is 90.1 cm³/mol. The molecule has 0 amide bonds. The van der Waals surface area contributed by atoms with Crippen molar-refractivity contribution in [2.75, 3.05) is 7.05 Å². The Hall–Kier alpha value is -1.90. The van der Waals surface area contributed by atoms with Gasteiger partial charge in [0.1, 0.15) is 5.52 Å². The van der Waals surface area contributed by atoms with E-state index in [-0.39, 0.29) is 4.90 Å². The van der Waals surface area contributed by atoms with Crippen molar-refractivity contribution < 1.29 is 8.42 Å². The summed E-state index contributed by atoms with van der Waals surface area (Å²) in [6.45, 7) is 2.37. The summed E-state index contributed by atoms with van der Waals surface area (Å²) in [5.41, 5.74) is 2.52. The molecule has 0 aliphatic heterocycles. The molecule has 120 valence electrons. The number of benzene rings is 1. The second kappa shape index (κ2) is 5.95. The Kier molecular flexibility index (Phi) is 4.13. The molecule has 0 unspecified atom stereocenters. The maximum absolute atomic E-state index is 12.8. The molecular formula is C15H15N4O2S2-. The maximum atomic E-state index is 12.8. The molecule has 0 saturated carbocycles. The zero-order valence-electron chi connectivity index (χ0n) is 12.7. The molecular weight excluding hydrogens is 332 g/mol. The van der Waals surface area contributed by atoms with Gasteiger partial charge in [0.2, 0.25) is 0 Å². The quantitative estimate of drug-likeness (QED) is 0.671. The van der Waals surface area contributed by atoms with Crippen molar-refractivity contribution in [3.8, 4) is 0 Å². The SMILES string of the molecule is Cc1ccc(S(=O)(=O)n2ccc3nc(CN(C)[S-])cnc32)cc1. The Morgan fingerprint density at radius 1 is 1.22 bits per heavy atom. The van der Waals surface area contributed by atoms with E-state index in [1.165, 1.54) is 6.20 Å². The monoisotopic (exact) mass is 347 g/mol. The molecule has 8 heteroatoms. The van der Waals surface area contributed by atoms with Gasteiger partial charge in [0, 0.05) is 12.7 Å². The fraction of sp³-hybridized carbons (Fsp3) is 0.200. The standard InChI is InChI=1S/C15H15N4O2S2/c1-11-3-5-13(6-4-11)23(20,21)19-8-7-14-15(19)16-9-12(17-14)10-18(2)22/h3-9H,10H2,1-2H3/q-1. The average Bonchev–Trinajstić information content (AvgIpc) is 2.91. The summed E-state index contributed by atoms with van der Waals surface area (Å²) < 4.78 is 28.2. The van der Waals surface area contributed by atoms with E-state index in [9.17, 15) is 8.42 Å². The first-order chi connectivity index (χ1) is 10.9. The van der Waals surface area contributed by atoms with E-state index < -0.39 is 10.0 Å². The Morgan fingerprint density at radius 2 is 1.91 bits per heavy atom. The molecule has 6 nitrogen and oxygen atoms in total. The van der Waals surface area contributed by atoms with Crippen LogP contribution in [0.3, 0.4) is 0 Å². The highest BCUT2D eigenvalue weighted by atomic mass is 32.2. The van der Waals surface area contributed by atoms with Crippen LogP contribution in [0.5, 0.6) is 0 Å². The van der Waals surface area contributed by atoms with Crippen molar-refractivity contribution in [2.24, 2.45) is 0 Å². The van der Waals surface area contributed by atoms with Gasteiger partial charge >= 0.3 is 0 Å². The van der Waals surface area contributed by atoms with E-state index >= 15 is 0 Å². The molecule has 2 aromatic heterocycles. The van der Waals surface area contributed by atoms with Crippen molar-refractivity contribution in [2.45, 2.75) is 18.4 Å². The third-order valence-corrected chi connectivity index (χ3v) is 5.18. The Morgan fingerprint density at radius 3 is 2.57 bits per heavy atom. The second-order valence-corrected chi connectivity index (χ2v) is 7.72. The van der Waals surface area contributed by atoms with Gasteiger partial charge in [0.05, 0.1) is 16.8 Å². The van der Waals surface area contributed by atoms with Crippen LogP contribution in [-0.4, -0.2) is 33.7 Å². The smallest absolute Gasteiger partial charge is 0.269 e. The van der Waals surface area contributed by atoms with E-state index in [2.05, 4.69) is 9.97 Å². The van der Waals surface area contributed by atoms with Gasteiger partial charge in [-0.2, -0.15) is 0 Å². The van der Waals surface area contributed by atoms with E-state index in [1.807, 2.05) is 6.92 Å². The molecule has 2 heterocycles. The molecule has 0 aliphatic carbocycles. The second-order valence-electron chi connectivity index (χ2n) is 5.29. The van der Waals surface area contributed by atoms with Gasteiger partial charge < -0.3 is 17.1 Å². The normalized spacial score (nSPS) is 12.2. The number of rotatable bonds is 4. The fourth-order valence-corrected chi connectivity index (χ4v) is 3.68. The van der Waals surface area contributed by atoms with Crippen LogP contribution in [0.25, 0.3) is 11.2 Å². The average molecular weight is 347 g/mol. The van der Waals surface area contributed by atoms with Gasteiger partial charge in [-0.15, -0.1) is 0 Å². The highest BCUT2D eigenvalue weighted by Gasteiger charge is 2.20. The molecule has 0 saturated heterocycles. The molecule has 0 spiro atoms. The van der Waals surface area contributed by atoms with Crippen LogP contribution in [0.15, 0.2) is 47.6 Å². The van der Waals surface area contributed by atoms with Crippen molar-refractivity contribution in [3.63, 3.8) is 0 Å². The number of nitrogens with zero attached hydrogens (tertiary/aromatic N) is 4. The predicted octanol–water partition coefficient (Wildman–Crippen LogP) is 1.87. The van der Waals surface area contributed by atoms with Crippen LogP contribution in [-0.2, 0) is 29.4 Å². The Bertz CT molecular complexity index is 947. The van der Waals surface area contributed by atoms with Gasteiger partial charge in [-0.05, 0) is 32.2 Å². The Balaban J connectivity index is 2.07. The van der Waals surface area contributed by atoms with Crippen LogP contribution in [0.2, 0.25) is 0 Å². The summed E-state index contributed by atoms with van der Waals surface area (Å²) in [6, 6.07) is 8.35. The minimum atomic E-state index is -3.69. The summed E-state index contributed by atoms with van der Waals surface area (Å²) in [4.78, 5) is 8.87. The summed E-state index contributed by atoms with van der Waals surface area (Å²) in [6.07, 6.45) is 3.02. The zero-order chi connectivity index (χ0) is 16.6. The fourth-order valence-electron chi connectivity index (χ4n) is 2.25. The lowest BCUT2D eigenvalue weighted by Gasteiger charge is -2.21. The third-order valence-electron chi connectivity index (χ3n) is 3.37. The highest BCUT2D eigenvalue weighted by molar-refractivity contribution is 7.90. The summed E-state index contributed by atoms with van der Waals surface area (Å²) in [5.74, 6) is 0. The van der Waals surface area contributed by atoms with Crippen LogP contribution < -0.4 is 0 Å². The number of fused-ring (bicyclic) bond motifs is 1. The lowest BCUT2D eigenvalue weighted by Crippen LogP contribution is -2.13. The van der Waals surface area contributed by atoms with Crippen LogP contribution in [0.1, 0.15) is 11.3 Å². The zero-order valence-corrected chi connectivity index (χ0v) is 14.3. The third kappa shape index (κ3) is 3.10. The van der Waals surface area contributed by atoms with Crippen molar-refractivity contribution >= 4 is 34.0 Å². The minimum Gasteiger partial charge on any atom is -0.702 e. The molecule has 1 aromatic carbocycles. The first-order valence-corrected chi connectivity index (χ1v) is 8.72. The lowest BCUT2D eigenvalue weighted by atomic mass is 10.2. The summed E-state index contributed by atoms with van der Waals surface area (Å²) in [7, 11) is -1.93. The van der Waals surface area contributed by atoms with Gasteiger partial charge in [0.15, 0.2) is 5.65 Å². The summed E-state index contributed by atoms with van der Waals surface area (Å²) in [5, 5.41) is 0. The molecule has 0 fully saturated rings. The first-order valence-electron chi connectivity index (χ1n) is 6.91.